The third-order valence-electron chi connectivity index (χ3n) is 5.99. The molecule has 2 amide bonds. The predicted molar refractivity (Wildman–Crippen MR) is 91.0 cm³/mol. The summed E-state index contributed by atoms with van der Waals surface area (Å²) in [5.41, 5.74) is -1.80. The topological polar surface area (TPSA) is 66.7 Å². The Morgan fingerprint density at radius 1 is 1.22 bits per heavy atom. The number of alkyl halides is 3. The number of rotatable bonds is 1. The Bertz CT molecular complexity index is 950. The number of nitrogens with zero attached hydrogens (tertiary/aromatic N) is 3. The zero-order valence-corrected chi connectivity index (χ0v) is 14.9. The number of carbonyl (C=O) groups excluding carboxylic acids is 2. The second kappa shape index (κ2) is 5.46. The normalized spacial score (nSPS) is 25.4. The van der Waals surface area contributed by atoms with Crippen LogP contribution >= 0.6 is 0 Å². The maximum Gasteiger partial charge on any atom is 0.416 e. The molecule has 2 aliphatic rings. The van der Waals surface area contributed by atoms with E-state index in [2.05, 4.69) is 10.3 Å². The van der Waals surface area contributed by atoms with Crippen LogP contribution in [0.2, 0.25) is 0 Å². The Morgan fingerprint density at radius 3 is 2.56 bits per heavy atom. The van der Waals surface area contributed by atoms with Gasteiger partial charge in [-0.1, -0.05) is 13.8 Å². The number of imidazole rings is 1. The minimum absolute atomic E-state index is 0.121. The van der Waals surface area contributed by atoms with E-state index in [1.54, 1.807) is 4.40 Å². The highest BCUT2D eigenvalue weighted by molar-refractivity contribution is 6.06. The molecule has 4 heterocycles. The van der Waals surface area contributed by atoms with Gasteiger partial charge in [0.2, 0.25) is 11.8 Å². The van der Waals surface area contributed by atoms with Crippen molar-refractivity contribution in [3.8, 4) is 0 Å². The summed E-state index contributed by atoms with van der Waals surface area (Å²) in [6.07, 6.45) is -1.09. The summed E-state index contributed by atoms with van der Waals surface area (Å²) >= 11 is 0. The number of hydrogen-bond donors (Lipinski definition) is 1. The smallest absolute Gasteiger partial charge is 0.357 e. The lowest BCUT2D eigenvalue weighted by Crippen LogP contribution is -2.56. The Hall–Kier alpha value is -2.58. The van der Waals surface area contributed by atoms with E-state index in [-0.39, 0.29) is 18.2 Å². The van der Waals surface area contributed by atoms with Crippen LogP contribution in [0.15, 0.2) is 24.7 Å². The van der Waals surface area contributed by atoms with Crippen LogP contribution in [0.1, 0.15) is 32.3 Å². The van der Waals surface area contributed by atoms with Crippen LogP contribution in [0.5, 0.6) is 0 Å². The summed E-state index contributed by atoms with van der Waals surface area (Å²) < 4.78 is 41.6. The molecular weight excluding hydrogens is 361 g/mol. The summed E-state index contributed by atoms with van der Waals surface area (Å²) in [5.74, 6) is -0.198. The SMILES string of the molecule is CC1(C)CN(c2cc(C(F)(F)F)cc3cncn23)CC[C@@]12CC(=O)NC2=O. The number of amides is 2. The predicted octanol–water partition coefficient (Wildman–Crippen LogP) is 2.62. The summed E-state index contributed by atoms with van der Waals surface area (Å²) in [6.45, 7) is 4.49. The Kier molecular flexibility index (Phi) is 3.60. The molecule has 1 N–H and O–H groups in total. The number of carbonyl (C=O) groups is 2. The second-order valence-electron chi connectivity index (χ2n) is 7.98. The molecule has 27 heavy (non-hydrogen) atoms. The summed E-state index contributed by atoms with van der Waals surface area (Å²) in [5, 5.41) is 2.38. The molecule has 9 heteroatoms. The number of halogens is 3. The zero-order valence-electron chi connectivity index (χ0n) is 14.9. The summed E-state index contributed by atoms with van der Waals surface area (Å²) in [4.78, 5) is 30.0. The van der Waals surface area contributed by atoms with Crippen molar-refractivity contribution in [2.24, 2.45) is 10.8 Å². The molecule has 0 radical (unpaired) electrons. The first kappa shape index (κ1) is 17.8. The zero-order chi connectivity index (χ0) is 19.6. The largest absolute Gasteiger partial charge is 0.416 e. The van der Waals surface area contributed by atoms with Crippen molar-refractivity contribution >= 4 is 23.1 Å². The number of aromatic nitrogens is 2. The van der Waals surface area contributed by atoms with E-state index >= 15 is 0 Å². The first-order valence-corrected chi connectivity index (χ1v) is 8.66. The van der Waals surface area contributed by atoms with Crippen molar-refractivity contribution in [3.63, 3.8) is 0 Å². The van der Waals surface area contributed by atoms with Crippen molar-refractivity contribution in [1.29, 1.82) is 0 Å². The first-order valence-electron chi connectivity index (χ1n) is 8.66. The third kappa shape index (κ3) is 2.59. The quantitative estimate of drug-likeness (QED) is 0.773. The van der Waals surface area contributed by atoms with Crippen LogP contribution in [0, 0.1) is 10.8 Å². The number of piperidine rings is 1. The highest BCUT2D eigenvalue weighted by atomic mass is 19.4. The standard InChI is InChI=1S/C18H19F3N4O2/c1-16(2)9-24(4-3-17(16)7-13(26)23-15(17)27)14-6-11(18(19,20)21)5-12-8-22-10-25(12)14/h5-6,8,10H,3-4,7,9H2,1-2H3,(H,23,26,27)/t17-/m0/s1. The molecule has 0 aliphatic carbocycles. The van der Waals surface area contributed by atoms with Gasteiger partial charge in [0.25, 0.3) is 0 Å². The van der Waals surface area contributed by atoms with E-state index in [9.17, 15) is 22.8 Å². The van der Waals surface area contributed by atoms with Crippen molar-refractivity contribution < 1.29 is 22.8 Å². The van der Waals surface area contributed by atoms with Crippen LogP contribution in [-0.2, 0) is 15.8 Å². The van der Waals surface area contributed by atoms with Crippen molar-refractivity contribution in [2.45, 2.75) is 32.9 Å². The van der Waals surface area contributed by atoms with Gasteiger partial charge in [0, 0.05) is 19.5 Å². The van der Waals surface area contributed by atoms with Gasteiger partial charge in [-0.15, -0.1) is 0 Å². The summed E-state index contributed by atoms with van der Waals surface area (Å²) in [7, 11) is 0. The molecule has 1 spiro atoms. The fourth-order valence-electron chi connectivity index (χ4n) is 4.38. The second-order valence-corrected chi connectivity index (χ2v) is 7.98. The summed E-state index contributed by atoms with van der Waals surface area (Å²) in [6, 6.07) is 2.18. The van der Waals surface area contributed by atoms with Gasteiger partial charge in [-0.25, -0.2) is 4.98 Å². The fraction of sp³-hybridized carbons (Fsp3) is 0.500. The molecule has 2 aromatic heterocycles. The van der Waals surface area contributed by atoms with Gasteiger partial charge in [0.1, 0.15) is 12.1 Å². The number of fused-ring (bicyclic) bond motifs is 1. The van der Waals surface area contributed by atoms with Gasteiger partial charge in [-0.05, 0) is 24.0 Å². The lowest BCUT2D eigenvalue weighted by atomic mass is 9.60. The molecule has 2 aromatic rings. The van der Waals surface area contributed by atoms with E-state index in [0.717, 1.165) is 12.1 Å². The minimum atomic E-state index is -4.47. The number of imide groups is 1. The van der Waals surface area contributed by atoms with Crippen LogP contribution < -0.4 is 10.2 Å². The Morgan fingerprint density at radius 2 is 1.96 bits per heavy atom. The van der Waals surface area contributed by atoms with Gasteiger partial charge in [-0.2, -0.15) is 13.2 Å². The molecule has 6 nitrogen and oxygen atoms in total. The molecule has 2 aliphatic heterocycles. The van der Waals surface area contributed by atoms with Crippen molar-refractivity contribution in [1.82, 2.24) is 14.7 Å². The van der Waals surface area contributed by atoms with Crippen molar-refractivity contribution in [3.05, 3.63) is 30.2 Å². The number of pyridine rings is 1. The molecule has 0 saturated carbocycles. The lowest BCUT2D eigenvalue weighted by Gasteiger charge is -2.50. The molecule has 2 fully saturated rings. The molecule has 0 bridgehead atoms. The van der Waals surface area contributed by atoms with Crippen LogP contribution in [-0.4, -0.2) is 34.3 Å². The third-order valence-corrected chi connectivity index (χ3v) is 5.99. The van der Waals surface area contributed by atoms with E-state index in [1.165, 1.54) is 12.5 Å². The van der Waals surface area contributed by atoms with Gasteiger partial charge in [-0.3, -0.25) is 19.3 Å². The molecule has 2 saturated heterocycles. The molecule has 144 valence electrons. The molecule has 1 atom stereocenters. The number of nitrogens with one attached hydrogen (secondary N) is 1. The van der Waals surface area contributed by atoms with Crippen LogP contribution in [0.3, 0.4) is 0 Å². The van der Waals surface area contributed by atoms with Crippen LogP contribution in [0.25, 0.3) is 5.52 Å². The minimum Gasteiger partial charge on any atom is -0.357 e. The molecular formula is C18H19F3N4O2. The average molecular weight is 380 g/mol. The Labute approximate surface area is 153 Å². The van der Waals surface area contributed by atoms with Crippen LogP contribution in [0.4, 0.5) is 19.0 Å². The van der Waals surface area contributed by atoms with E-state index in [1.807, 2.05) is 18.7 Å². The van der Waals surface area contributed by atoms with Gasteiger partial charge < -0.3 is 4.90 Å². The molecule has 0 aromatic carbocycles. The molecule has 0 unspecified atom stereocenters. The van der Waals surface area contributed by atoms with Gasteiger partial charge in [0.15, 0.2) is 0 Å². The molecule has 4 rings (SSSR count). The number of hydrogen-bond acceptors (Lipinski definition) is 4. The van der Waals surface area contributed by atoms with E-state index < -0.39 is 22.6 Å². The fourth-order valence-corrected chi connectivity index (χ4v) is 4.38. The van der Waals surface area contributed by atoms with Crippen molar-refractivity contribution in [2.75, 3.05) is 18.0 Å². The highest BCUT2D eigenvalue weighted by Crippen LogP contribution is 2.51. The Balaban J connectivity index is 1.75. The lowest BCUT2D eigenvalue weighted by molar-refractivity contribution is -0.137. The van der Waals surface area contributed by atoms with E-state index in [0.29, 0.717) is 30.8 Å². The number of anilines is 1. The maximum atomic E-state index is 13.3. The maximum absolute atomic E-state index is 13.3. The van der Waals surface area contributed by atoms with E-state index in [4.69, 9.17) is 0 Å². The highest BCUT2D eigenvalue weighted by Gasteiger charge is 2.58. The monoisotopic (exact) mass is 380 g/mol. The first-order chi connectivity index (χ1) is 12.5. The average Bonchev–Trinajstić information content (AvgIpc) is 3.13. The van der Waals surface area contributed by atoms with Gasteiger partial charge >= 0.3 is 6.18 Å². The van der Waals surface area contributed by atoms with Gasteiger partial charge in [0.05, 0.1) is 22.7 Å².